The van der Waals surface area contributed by atoms with Crippen molar-refractivity contribution in [1.29, 1.82) is 0 Å². The fraction of sp³-hybridized carbons (Fsp3) is 0.941. The zero-order chi connectivity index (χ0) is 17.0. The van der Waals surface area contributed by atoms with Gasteiger partial charge >= 0.3 is 6.09 Å². The maximum Gasteiger partial charge on any atom is 0.407 e. The summed E-state index contributed by atoms with van der Waals surface area (Å²) >= 11 is 0. The normalized spacial score (nSPS) is 22.5. The molecule has 1 saturated heterocycles. The maximum atomic E-state index is 12.0. The number of hydrogen-bond acceptors (Lipinski definition) is 4. The number of likely N-dealkylation sites (tertiary alicyclic amines) is 1. The van der Waals surface area contributed by atoms with Crippen LogP contribution in [0.25, 0.3) is 0 Å². The lowest BCUT2D eigenvalue weighted by atomic mass is 9.85. The molecule has 0 aliphatic carbocycles. The Kier molecular flexibility index (Phi) is 6.68. The lowest BCUT2D eigenvalue weighted by Gasteiger charge is -2.35. The summed E-state index contributed by atoms with van der Waals surface area (Å²) in [6.45, 7) is 14.9. The van der Waals surface area contributed by atoms with Crippen molar-refractivity contribution in [3.8, 4) is 0 Å². The number of hydrogen-bond donors (Lipinski definition) is 2. The average molecular weight is 313 g/mol. The molecule has 3 N–H and O–H groups in total. The molecule has 1 heterocycles. The van der Waals surface area contributed by atoms with Crippen molar-refractivity contribution < 1.29 is 9.53 Å². The van der Waals surface area contributed by atoms with Gasteiger partial charge in [0.2, 0.25) is 0 Å². The van der Waals surface area contributed by atoms with Crippen molar-refractivity contribution in [2.45, 2.75) is 78.5 Å². The summed E-state index contributed by atoms with van der Waals surface area (Å²) in [5.74, 6) is 0. The second kappa shape index (κ2) is 7.64. The van der Waals surface area contributed by atoms with Crippen LogP contribution in [0.5, 0.6) is 0 Å². The highest BCUT2D eigenvalue weighted by atomic mass is 16.6. The molecule has 22 heavy (non-hydrogen) atoms. The van der Waals surface area contributed by atoms with E-state index in [9.17, 15) is 4.79 Å². The molecular weight excluding hydrogens is 278 g/mol. The lowest BCUT2D eigenvalue weighted by Crippen LogP contribution is -2.54. The molecule has 5 nitrogen and oxygen atoms in total. The lowest BCUT2D eigenvalue weighted by molar-refractivity contribution is 0.0470. The summed E-state index contributed by atoms with van der Waals surface area (Å²) in [4.78, 5) is 14.4. The van der Waals surface area contributed by atoms with E-state index in [1.807, 2.05) is 27.7 Å². The molecule has 2 unspecified atom stereocenters. The highest BCUT2D eigenvalue weighted by molar-refractivity contribution is 5.68. The Balaban J connectivity index is 2.60. The van der Waals surface area contributed by atoms with Crippen LogP contribution in [0.1, 0.15) is 60.8 Å². The van der Waals surface area contributed by atoms with Gasteiger partial charge in [-0.25, -0.2) is 4.79 Å². The predicted molar refractivity (Wildman–Crippen MR) is 90.9 cm³/mol. The quantitative estimate of drug-likeness (QED) is 0.837. The van der Waals surface area contributed by atoms with E-state index in [4.69, 9.17) is 10.5 Å². The number of amides is 1. The molecule has 0 aromatic heterocycles. The number of carbonyl (C=O) groups is 1. The van der Waals surface area contributed by atoms with Crippen molar-refractivity contribution in [2.24, 2.45) is 11.1 Å². The first kappa shape index (κ1) is 19.2. The SMILES string of the molecule is CC(NC(=O)OC(C)(C)C)C(CN)N1CCCC(C)(C)CC1. The van der Waals surface area contributed by atoms with Gasteiger partial charge in [-0.1, -0.05) is 13.8 Å². The van der Waals surface area contributed by atoms with Gasteiger partial charge in [0.05, 0.1) is 0 Å². The van der Waals surface area contributed by atoms with Gasteiger partial charge in [0, 0.05) is 18.6 Å². The first-order valence-corrected chi connectivity index (χ1v) is 8.48. The van der Waals surface area contributed by atoms with Crippen molar-refractivity contribution in [2.75, 3.05) is 19.6 Å². The van der Waals surface area contributed by atoms with Crippen LogP contribution >= 0.6 is 0 Å². The number of alkyl carbamates (subject to hydrolysis) is 1. The molecule has 1 fully saturated rings. The molecule has 0 aromatic carbocycles. The topological polar surface area (TPSA) is 67.6 Å². The van der Waals surface area contributed by atoms with Gasteiger partial charge in [0.15, 0.2) is 0 Å². The van der Waals surface area contributed by atoms with E-state index in [2.05, 4.69) is 24.1 Å². The number of nitrogens with zero attached hydrogens (tertiary/aromatic N) is 1. The van der Waals surface area contributed by atoms with E-state index in [0.717, 1.165) is 13.1 Å². The van der Waals surface area contributed by atoms with Gasteiger partial charge < -0.3 is 15.8 Å². The van der Waals surface area contributed by atoms with Gasteiger partial charge in [0.25, 0.3) is 0 Å². The Morgan fingerprint density at radius 1 is 1.32 bits per heavy atom. The van der Waals surface area contributed by atoms with E-state index in [0.29, 0.717) is 12.0 Å². The molecule has 0 radical (unpaired) electrons. The number of nitrogens with two attached hydrogens (primary N) is 1. The third-order valence-corrected chi connectivity index (χ3v) is 4.41. The van der Waals surface area contributed by atoms with E-state index in [-0.39, 0.29) is 18.2 Å². The fourth-order valence-electron chi connectivity index (χ4n) is 3.03. The summed E-state index contributed by atoms with van der Waals surface area (Å²) in [6.07, 6.45) is 3.23. The molecule has 130 valence electrons. The van der Waals surface area contributed by atoms with Gasteiger partial charge in [0.1, 0.15) is 5.60 Å². The van der Waals surface area contributed by atoms with Crippen molar-refractivity contribution in [1.82, 2.24) is 10.2 Å². The highest BCUT2D eigenvalue weighted by Gasteiger charge is 2.30. The average Bonchev–Trinajstić information content (AvgIpc) is 2.49. The zero-order valence-corrected chi connectivity index (χ0v) is 15.2. The van der Waals surface area contributed by atoms with Crippen LogP contribution in [-0.2, 0) is 4.74 Å². The molecule has 0 saturated carbocycles. The molecule has 1 aliphatic rings. The molecule has 5 heteroatoms. The van der Waals surface area contributed by atoms with Gasteiger partial charge in [-0.3, -0.25) is 4.90 Å². The Bertz CT molecular complexity index is 363. The Morgan fingerprint density at radius 2 is 1.95 bits per heavy atom. The summed E-state index contributed by atoms with van der Waals surface area (Å²) < 4.78 is 5.34. The molecule has 1 amide bonds. The second-order valence-electron chi connectivity index (χ2n) is 8.29. The van der Waals surface area contributed by atoms with Crippen LogP contribution in [0.4, 0.5) is 4.79 Å². The van der Waals surface area contributed by atoms with Crippen LogP contribution in [0.3, 0.4) is 0 Å². The minimum absolute atomic E-state index is 0.0268. The van der Waals surface area contributed by atoms with Crippen LogP contribution in [-0.4, -0.2) is 48.3 Å². The summed E-state index contributed by atoms with van der Waals surface area (Å²) in [6, 6.07) is 0.127. The number of carbonyl (C=O) groups excluding carboxylic acids is 1. The molecule has 0 aromatic rings. The smallest absolute Gasteiger partial charge is 0.407 e. The third-order valence-electron chi connectivity index (χ3n) is 4.41. The molecular formula is C17H35N3O2. The number of ether oxygens (including phenoxy) is 1. The van der Waals surface area contributed by atoms with Gasteiger partial charge in [-0.15, -0.1) is 0 Å². The highest BCUT2D eigenvalue weighted by Crippen LogP contribution is 2.30. The Morgan fingerprint density at radius 3 is 2.50 bits per heavy atom. The summed E-state index contributed by atoms with van der Waals surface area (Å²) in [5, 5.41) is 2.94. The third kappa shape index (κ3) is 6.53. The van der Waals surface area contributed by atoms with Crippen molar-refractivity contribution in [3.05, 3.63) is 0 Å². The van der Waals surface area contributed by atoms with Crippen LogP contribution in [0, 0.1) is 5.41 Å². The Hall–Kier alpha value is -0.810. The van der Waals surface area contributed by atoms with E-state index in [1.54, 1.807) is 0 Å². The molecule has 0 spiro atoms. The van der Waals surface area contributed by atoms with Crippen LogP contribution < -0.4 is 11.1 Å². The van der Waals surface area contributed by atoms with Crippen LogP contribution in [0.2, 0.25) is 0 Å². The van der Waals surface area contributed by atoms with Crippen molar-refractivity contribution >= 4 is 6.09 Å². The maximum absolute atomic E-state index is 12.0. The van der Waals surface area contributed by atoms with Gasteiger partial charge in [-0.2, -0.15) is 0 Å². The number of rotatable bonds is 4. The standard InChI is InChI=1S/C17H35N3O2/c1-13(19-15(21)22-16(2,3)4)14(12-18)20-10-7-8-17(5,6)9-11-20/h13-14H,7-12,18H2,1-6H3,(H,19,21). The fourth-order valence-corrected chi connectivity index (χ4v) is 3.03. The van der Waals surface area contributed by atoms with E-state index >= 15 is 0 Å². The molecule has 1 rings (SSSR count). The first-order chi connectivity index (χ1) is 10.0. The summed E-state index contributed by atoms with van der Waals surface area (Å²) in [7, 11) is 0. The Labute approximate surface area is 135 Å². The molecule has 1 aliphatic heterocycles. The minimum atomic E-state index is -0.478. The predicted octanol–water partition coefficient (Wildman–Crippen LogP) is 2.74. The molecule has 2 atom stereocenters. The van der Waals surface area contributed by atoms with Crippen molar-refractivity contribution in [3.63, 3.8) is 0 Å². The van der Waals surface area contributed by atoms with Gasteiger partial charge in [-0.05, 0) is 65.5 Å². The number of nitrogens with one attached hydrogen (secondary N) is 1. The largest absolute Gasteiger partial charge is 0.444 e. The second-order valence-corrected chi connectivity index (χ2v) is 8.29. The minimum Gasteiger partial charge on any atom is -0.444 e. The first-order valence-electron chi connectivity index (χ1n) is 8.48. The summed E-state index contributed by atoms with van der Waals surface area (Å²) in [5.41, 5.74) is 5.91. The van der Waals surface area contributed by atoms with E-state index in [1.165, 1.54) is 19.3 Å². The van der Waals surface area contributed by atoms with E-state index < -0.39 is 5.60 Å². The monoisotopic (exact) mass is 313 g/mol. The zero-order valence-electron chi connectivity index (χ0n) is 15.2. The molecule has 0 bridgehead atoms. The van der Waals surface area contributed by atoms with Crippen LogP contribution in [0.15, 0.2) is 0 Å².